The van der Waals surface area contributed by atoms with Crippen LogP contribution < -0.4 is 5.32 Å². The normalized spacial score (nSPS) is 33.0. The van der Waals surface area contributed by atoms with E-state index in [0.717, 1.165) is 11.3 Å². The highest BCUT2D eigenvalue weighted by Crippen LogP contribution is 2.55. The number of benzene rings is 1. The van der Waals surface area contributed by atoms with Gasteiger partial charge < -0.3 is 14.8 Å². The molecule has 1 aromatic rings. The van der Waals surface area contributed by atoms with Crippen LogP contribution in [0.25, 0.3) is 0 Å². The molecule has 2 fully saturated rings. The molecule has 0 saturated carbocycles. The van der Waals surface area contributed by atoms with Crippen LogP contribution in [0.5, 0.6) is 0 Å². The lowest BCUT2D eigenvalue weighted by molar-refractivity contribution is -0.0754. The molecule has 2 amide bonds. The van der Waals surface area contributed by atoms with Gasteiger partial charge in [-0.2, -0.15) is 0 Å². The van der Waals surface area contributed by atoms with E-state index in [0.29, 0.717) is 13.0 Å². The molecular weight excluding hydrogens is 346 g/mol. The fourth-order valence-electron chi connectivity index (χ4n) is 4.99. The first-order valence-electron chi connectivity index (χ1n) is 9.46. The van der Waals surface area contributed by atoms with Crippen molar-refractivity contribution >= 4 is 17.9 Å². The molecule has 0 aromatic heterocycles. The molecular formula is C20H23N3O4. The molecule has 1 aliphatic carbocycles. The number of nitrogens with zero attached hydrogens (tertiary/aromatic N) is 2. The Kier molecular flexibility index (Phi) is 3.30. The Morgan fingerprint density at radius 3 is 2.93 bits per heavy atom. The summed E-state index contributed by atoms with van der Waals surface area (Å²) in [7, 11) is 0. The minimum Gasteiger partial charge on any atom is -0.448 e. The Morgan fingerprint density at radius 2 is 2.15 bits per heavy atom. The fourth-order valence-corrected chi connectivity index (χ4v) is 4.99. The summed E-state index contributed by atoms with van der Waals surface area (Å²) < 4.78 is 10.8. The number of ether oxygens (including phenoxy) is 2. The minimum atomic E-state index is -0.572. The molecule has 0 unspecified atom stereocenters. The highest BCUT2D eigenvalue weighted by Gasteiger charge is 2.64. The maximum absolute atomic E-state index is 13.0. The van der Waals surface area contributed by atoms with Crippen molar-refractivity contribution in [1.82, 2.24) is 10.0 Å². The van der Waals surface area contributed by atoms with E-state index in [2.05, 4.69) is 23.5 Å². The van der Waals surface area contributed by atoms with E-state index < -0.39 is 17.7 Å². The fraction of sp³-hybridized carbons (Fsp3) is 0.500. The van der Waals surface area contributed by atoms with Gasteiger partial charge in [0.05, 0.1) is 24.3 Å². The number of rotatable bonds is 1. The van der Waals surface area contributed by atoms with Gasteiger partial charge in [0.2, 0.25) is 0 Å². The van der Waals surface area contributed by atoms with E-state index in [9.17, 15) is 9.59 Å². The third-order valence-electron chi connectivity index (χ3n) is 6.13. The van der Waals surface area contributed by atoms with Crippen LogP contribution in [0.4, 0.5) is 15.3 Å². The van der Waals surface area contributed by atoms with Crippen LogP contribution in [0.1, 0.15) is 38.7 Å². The van der Waals surface area contributed by atoms with Crippen molar-refractivity contribution in [2.45, 2.75) is 56.8 Å². The van der Waals surface area contributed by atoms with Crippen molar-refractivity contribution in [3.8, 4) is 0 Å². The Labute approximate surface area is 157 Å². The monoisotopic (exact) mass is 369 g/mol. The minimum absolute atomic E-state index is 0.0210. The van der Waals surface area contributed by atoms with Gasteiger partial charge in [-0.25, -0.2) is 19.6 Å². The van der Waals surface area contributed by atoms with Gasteiger partial charge in [0.15, 0.2) is 0 Å². The summed E-state index contributed by atoms with van der Waals surface area (Å²) in [4.78, 5) is 25.6. The van der Waals surface area contributed by atoms with Gasteiger partial charge in [-0.3, -0.25) is 0 Å². The summed E-state index contributed by atoms with van der Waals surface area (Å²) >= 11 is 0. The summed E-state index contributed by atoms with van der Waals surface area (Å²) in [6.07, 6.45) is 1.60. The van der Waals surface area contributed by atoms with Gasteiger partial charge in [-0.15, -0.1) is 0 Å². The standard InChI is InChI=1S/C20H23N3O4/c1-11(2)27-18(24)22-17-14(20(3)8-9-26-19(25)23(20)22)10-13-12-6-4-5-7-15(12)21-16(13)17/h4-7,10-11,13,16-17,21H,8-9H2,1-3H3/t13-,16+,17+,20-/m1/s1. The number of hydrogen-bond acceptors (Lipinski definition) is 5. The van der Waals surface area contributed by atoms with Crippen molar-refractivity contribution in [2.24, 2.45) is 0 Å². The van der Waals surface area contributed by atoms with Crippen LogP contribution in [0.3, 0.4) is 0 Å². The maximum Gasteiger partial charge on any atom is 0.429 e. The molecule has 2 saturated heterocycles. The largest absolute Gasteiger partial charge is 0.448 e. The van der Waals surface area contributed by atoms with E-state index in [-0.39, 0.29) is 24.1 Å². The third kappa shape index (κ3) is 2.08. The van der Waals surface area contributed by atoms with Gasteiger partial charge in [-0.05, 0) is 38.0 Å². The molecule has 1 aromatic carbocycles. The molecule has 3 aliphatic heterocycles. The van der Waals surface area contributed by atoms with Crippen LogP contribution in [-0.2, 0) is 9.47 Å². The first-order valence-corrected chi connectivity index (χ1v) is 9.46. The first kappa shape index (κ1) is 16.5. The topological polar surface area (TPSA) is 71.1 Å². The molecule has 0 radical (unpaired) electrons. The Balaban J connectivity index is 1.62. The zero-order valence-corrected chi connectivity index (χ0v) is 15.6. The molecule has 5 rings (SSSR count). The highest BCUT2D eigenvalue weighted by molar-refractivity contribution is 5.80. The second-order valence-corrected chi connectivity index (χ2v) is 8.08. The van der Waals surface area contributed by atoms with Crippen LogP contribution in [-0.4, -0.2) is 52.5 Å². The third-order valence-corrected chi connectivity index (χ3v) is 6.13. The van der Waals surface area contributed by atoms with Gasteiger partial charge >= 0.3 is 12.2 Å². The number of cyclic esters (lactones) is 1. The van der Waals surface area contributed by atoms with Crippen molar-refractivity contribution in [3.63, 3.8) is 0 Å². The zero-order chi connectivity index (χ0) is 18.9. The van der Waals surface area contributed by atoms with Crippen molar-refractivity contribution < 1.29 is 19.1 Å². The first-order chi connectivity index (χ1) is 12.9. The number of carbonyl (C=O) groups excluding carboxylic acids is 2. The number of hydrogen-bond donors (Lipinski definition) is 1. The summed E-state index contributed by atoms with van der Waals surface area (Å²) in [5, 5.41) is 6.52. The lowest BCUT2D eigenvalue weighted by Crippen LogP contribution is -2.59. The summed E-state index contributed by atoms with van der Waals surface area (Å²) in [6, 6.07) is 7.91. The Bertz CT molecular complexity index is 867. The molecule has 7 heteroatoms. The zero-order valence-electron chi connectivity index (χ0n) is 15.6. The number of hydrazine groups is 1. The predicted molar refractivity (Wildman–Crippen MR) is 98.1 cm³/mol. The van der Waals surface area contributed by atoms with E-state index in [1.165, 1.54) is 15.6 Å². The van der Waals surface area contributed by atoms with Gasteiger partial charge in [0, 0.05) is 18.0 Å². The summed E-state index contributed by atoms with van der Waals surface area (Å²) in [6.45, 7) is 5.98. The molecule has 142 valence electrons. The number of nitrogens with one attached hydrogen (secondary N) is 1. The average molecular weight is 369 g/mol. The van der Waals surface area contributed by atoms with Crippen LogP contribution >= 0.6 is 0 Å². The van der Waals surface area contributed by atoms with E-state index in [1.807, 2.05) is 19.1 Å². The molecule has 4 atom stereocenters. The summed E-state index contributed by atoms with van der Waals surface area (Å²) in [5.41, 5.74) is 2.83. The molecule has 0 bridgehead atoms. The molecule has 4 aliphatic rings. The lowest BCUT2D eigenvalue weighted by atomic mass is 9.86. The van der Waals surface area contributed by atoms with Crippen LogP contribution in [0, 0.1) is 0 Å². The van der Waals surface area contributed by atoms with Gasteiger partial charge in [-0.1, -0.05) is 24.3 Å². The van der Waals surface area contributed by atoms with Gasteiger partial charge in [0.1, 0.15) is 6.04 Å². The SMILES string of the molecule is CC(C)OC(=O)N1[C@H]2C(=C[C@@H]3c4ccccc4N[C@@H]32)[C@@]2(C)CCOC(=O)N12. The molecule has 0 spiro atoms. The van der Waals surface area contributed by atoms with Gasteiger partial charge in [0.25, 0.3) is 0 Å². The summed E-state index contributed by atoms with van der Waals surface area (Å²) in [5.74, 6) is 0.174. The number of fused-ring (bicyclic) bond motifs is 7. The molecule has 27 heavy (non-hydrogen) atoms. The quantitative estimate of drug-likeness (QED) is 0.770. The number of carbonyl (C=O) groups is 2. The average Bonchev–Trinajstić information content (AvgIpc) is 3.21. The smallest absolute Gasteiger partial charge is 0.429 e. The highest BCUT2D eigenvalue weighted by atomic mass is 16.6. The maximum atomic E-state index is 13.0. The number of anilines is 1. The molecule has 7 nitrogen and oxygen atoms in total. The Morgan fingerprint density at radius 1 is 1.37 bits per heavy atom. The van der Waals surface area contributed by atoms with E-state index in [1.54, 1.807) is 13.8 Å². The van der Waals surface area contributed by atoms with E-state index >= 15 is 0 Å². The molecule has 1 N–H and O–H groups in total. The van der Waals surface area contributed by atoms with Crippen molar-refractivity contribution in [3.05, 3.63) is 41.5 Å². The molecule has 3 heterocycles. The number of para-hydroxylation sites is 1. The van der Waals surface area contributed by atoms with E-state index in [4.69, 9.17) is 9.47 Å². The van der Waals surface area contributed by atoms with Crippen LogP contribution in [0.15, 0.2) is 35.9 Å². The second-order valence-electron chi connectivity index (χ2n) is 8.08. The van der Waals surface area contributed by atoms with Crippen LogP contribution in [0.2, 0.25) is 0 Å². The Hall–Kier alpha value is -2.70. The van der Waals surface area contributed by atoms with Crippen molar-refractivity contribution in [1.29, 1.82) is 0 Å². The second kappa shape index (κ2) is 5.41. The van der Waals surface area contributed by atoms with Crippen molar-refractivity contribution in [2.75, 3.05) is 11.9 Å². The lowest BCUT2D eigenvalue weighted by Gasteiger charge is -2.42. The number of amides is 2. The predicted octanol–water partition coefficient (Wildman–Crippen LogP) is 3.25.